The van der Waals surface area contributed by atoms with Crippen LogP contribution in [0.5, 0.6) is 5.75 Å². The first-order chi connectivity index (χ1) is 7.79. The van der Waals surface area contributed by atoms with Crippen LogP contribution in [-0.4, -0.2) is 20.4 Å². The van der Waals surface area contributed by atoms with Crippen LogP contribution in [0, 0.1) is 5.82 Å². The second-order valence-corrected chi connectivity index (χ2v) is 3.46. The molecule has 0 saturated heterocycles. The third-order valence-corrected chi connectivity index (χ3v) is 2.11. The lowest BCUT2D eigenvalue weighted by Crippen LogP contribution is -2.15. The van der Waals surface area contributed by atoms with Gasteiger partial charge in [-0.05, 0) is 19.0 Å². The lowest BCUT2D eigenvalue weighted by Gasteiger charge is -2.12. The van der Waals surface area contributed by atoms with Crippen LogP contribution in [0.2, 0.25) is 0 Å². The Kier molecular flexibility index (Phi) is 5.82. The Labute approximate surface area is 95.6 Å². The van der Waals surface area contributed by atoms with Gasteiger partial charge in [0.2, 0.25) is 0 Å². The third-order valence-electron chi connectivity index (χ3n) is 2.11. The zero-order valence-corrected chi connectivity index (χ0v) is 9.75. The van der Waals surface area contributed by atoms with E-state index in [0.717, 1.165) is 18.5 Å². The maximum Gasteiger partial charge on any atom is 0.188 e. The summed E-state index contributed by atoms with van der Waals surface area (Å²) < 4.78 is 23.5. The number of rotatable bonds is 7. The first kappa shape index (κ1) is 12.9. The molecule has 0 atom stereocenters. The van der Waals surface area contributed by atoms with Gasteiger partial charge in [0.25, 0.3) is 0 Å². The molecule has 90 valence electrons. The van der Waals surface area contributed by atoms with Crippen LogP contribution < -0.4 is 10.1 Å². The highest BCUT2D eigenvalue weighted by Crippen LogP contribution is 2.22. The molecule has 0 aliphatic heterocycles. The van der Waals surface area contributed by atoms with E-state index >= 15 is 0 Å². The van der Waals surface area contributed by atoms with E-state index in [0.29, 0.717) is 6.54 Å². The van der Waals surface area contributed by atoms with Gasteiger partial charge in [-0.3, -0.25) is 0 Å². The van der Waals surface area contributed by atoms with Crippen molar-refractivity contribution in [3.05, 3.63) is 29.6 Å². The van der Waals surface area contributed by atoms with Gasteiger partial charge in [0.15, 0.2) is 18.4 Å². The molecule has 0 aliphatic carbocycles. The fourth-order valence-electron chi connectivity index (χ4n) is 1.37. The molecule has 1 aromatic carbocycles. The molecule has 0 spiro atoms. The van der Waals surface area contributed by atoms with Gasteiger partial charge in [0, 0.05) is 19.2 Å². The maximum atomic E-state index is 13.5. The van der Waals surface area contributed by atoms with Gasteiger partial charge in [0.1, 0.15) is 0 Å². The van der Waals surface area contributed by atoms with Crippen LogP contribution in [0.4, 0.5) is 4.39 Å². The van der Waals surface area contributed by atoms with Crippen LogP contribution in [0.3, 0.4) is 0 Å². The minimum absolute atomic E-state index is 0.0573. The molecule has 0 saturated carbocycles. The number of hydrogen-bond acceptors (Lipinski definition) is 3. The van der Waals surface area contributed by atoms with Crippen molar-refractivity contribution in [2.45, 2.75) is 19.9 Å². The zero-order valence-electron chi connectivity index (χ0n) is 9.75. The van der Waals surface area contributed by atoms with Crippen LogP contribution in [-0.2, 0) is 11.3 Å². The number of nitrogens with one attached hydrogen (secondary N) is 1. The molecule has 16 heavy (non-hydrogen) atoms. The van der Waals surface area contributed by atoms with E-state index in [1.54, 1.807) is 6.07 Å². The molecule has 0 bridgehead atoms. The Morgan fingerprint density at radius 1 is 1.38 bits per heavy atom. The van der Waals surface area contributed by atoms with E-state index in [9.17, 15) is 4.39 Å². The second-order valence-electron chi connectivity index (χ2n) is 3.46. The Hall–Kier alpha value is -1.13. The quantitative estimate of drug-likeness (QED) is 0.572. The Morgan fingerprint density at radius 3 is 2.88 bits per heavy atom. The summed E-state index contributed by atoms with van der Waals surface area (Å²) in [6.45, 7) is 3.65. The molecule has 0 fully saturated rings. The normalized spacial score (nSPS) is 10.4. The number of methoxy groups -OCH3 is 1. The summed E-state index contributed by atoms with van der Waals surface area (Å²) in [7, 11) is 1.51. The van der Waals surface area contributed by atoms with Gasteiger partial charge >= 0.3 is 0 Å². The molecule has 1 aromatic rings. The smallest absolute Gasteiger partial charge is 0.188 e. The number of halogens is 1. The maximum absolute atomic E-state index is 13.5. The molecule has 0 amide bonds. The van der Waals surface area contributed by atoms with E-state index in [4.69, 9.17) is 9.47 Å². The highest BCUT2D eigenvalue weighted by atomic mass is 19.1. The Balaban J connectivity index is 2.68. The summed E-state index contributed by atoms with van der Waals surface area (Å²) in [4.78, 5) is 0. The molecule has 1 rings (SSSR count). The molecule has 4 heteroatoms. The van der Waals surface area contributed by atoms with E-state index in [2.05, 4.69) is 12.2 Å². The van der Waals surface area contributed by atoms with Crippen molar-refractivity contribution in [2.24, 2.45) is 0 Å². The van der Waals surface area contributed by atoms with Crippen molar-refractivity contribution in [3.8, 4) is 5.75 Å². The largest absolute Gasteiger partial charge is 0.464 e. The molecule has 0 aromatic heterocycles. The summed E-state index contributed by atoms with van der Waals surface area (Å²) in [5.41, 5.74) is 0.811. The number of benzene rings is 1. The number of hydrogen-bond donors (Lipinski definition) is 1. The van der Waals surface area contributed by atoms with Gasteiger partial charge in [-0.15, -0.1) is 0 Å². The molecule has 1 N–H and O–H groups in total. The third kappa shape index (κ3) is 3.79. The summed E-state index contributed by atoms with van der Waals surface area (Å²) in [6.07, 6.45) is 1.05. The highest BCUT2D eigenvalue weighted by molar-refractivity contribution is 5.34. The molecule has 0 radical (unpaired) electrons. The Bertz CT molecular complexity index is 318. The summed E-state index contributed by atoms with van der Waals surface area (Å²) in [6, 6.07) is 4.91. The van der Waals surface area contributed by atoms with Crippen molar-refractivity contribution in [1.29, 1.82) is 0 Å². The van der Waals surface area contributed by atoms with Crippen LogP contribution >= 0.6 is 0 Å². The fraction of sp³-hybridized carbons (Fsp3) is 0.500. The van der Waals surface area contributed by atoms with Crippen molar-refractivity contribution >= 4 is 0 Å². The minimum Gasteiger partial charge on any atom is -0.464 e. The Morgan fingerprint density at radius 2 is 2.19 bits per heavy atom. The highest BCUT2D eigenvalue weighted by Gasteiger charge is 2.08. The summed E-state index contributed by atoms with van der Waals surface area (Å²) >= 11 is 0. The minimum atomic E-state index is -0.354. The number of para-hydroxylation sites is 1. The van der Waals surface area contributed by atoms with Crippen molar-refractivity contribution < 1.29 is 13.9 Å². The van der Waals surface area contributed by atoms with Gasteiger partial charge in [-0.2, -0.15) is 0 Å². The molecule has 0 aliphatic rings. The van der Waals surface area contributed by atoms with Crippen LogP contribution in [0.1, 0.15) is 18.9 Å². The zero-order chi connectivity index (χ0) is 11.8. The standard InChI is InChI=1S/C12H18FNO2/c1-3-7-14-8-10-5-4-6-11(13)12(10)16-9-15-2/h4-6,14H,3,7-9H2,1-2H3. The topological polar surface area (TPSA) is 30.5 Å². The van der Waals surface area contributed by atoms with Crippen molar-refractivity contribution in [1.82, 2.24) is 5.32 Å². The van der Waals surface area contributed by atoms with Crippen molar-refractivity contribution in [3.63, 3.8) is 0 Å². The predicted octanol–water partition coefficient (Wildman–Crippen LogP) is 2.31. The van der Waals surface area contributed by atoms with E-state index in [1.807, 2.05) is 6.07 Å². The van der Waals surface area contributed by atoms with Gasteiger partial charge in [-0.25, -0.2) is 4.39 Å². The van der Waals surface area contributed by atoms with Crippen LogP contribution in [0.25, 0.3) is 0 Å². The van der Waals surface area contributed by atoms with Gasteiger partial charge in [0.05, 0.1) is 0 Å². The monoisotopic (exact) mass is 227 g/mol. The summed E-state index contributed by atoms with van der Waals surface area (Å²) in [5, 5.41) is 3.21. The second kappa shape index (κ2) is 7.19. The lowest BCUT2D eigenvalue weighted by molar-refractivity contribution is 0.0474. The fourth-order valence-corrected chi connectivity index (χ4v) is 1.37. The van der Waals surface area contributed by atoms with E-state index in [-0.39, 0.29) is 18.4 Å². The predicted molar refractivity (Wildman–Crippen MR) is 60.9 cm³/mol. The SMILES string of the molecule is CCCNCc1cccc(F)c1OCOC. The molecular weight excluding hydrogens is 209 g/mol. The van der Waals surface area contributed by atoms with Crippen molar-refractivity contribution in [2.75, 3.05) is 20.4 Å². The average molecular weight is 227 g/mol. The summed E-state index contributed by atoms with van der Waals surface area (Å²) in [5.74, 6) is -0.0826. The lowest BCUT2D eigenvalue weighted by atomic mass is 10.2. The number of ether oxygens (including phenoxy) is 2. The molecule has 3 nitrogen and oxygen atoms in total. The average Bonchev–Trinajstić information content (AvgIpc) is 2.28. The van der Waals surface area contributed by atoms with Crippen LogP contribution in [0.15, 0.2) is 18.2 Å². The molecule has 0 unspecified atom stereocenters. The molecular formula is C12H18FNO2. The van der Waals surface area contributed by atoms with E-state index in [1.165, 1.54) is 13.2 Å². The van der Waals surface area contributed by atoms with Gasteiger partial charge < -0.3 is 14.8 Å². The first-order valence-electron chi connectivity index (χ1n) is 5.39. The van der Waals surface area contributed by atoms with E-state index < -0.39 is 0 Å². The first-order valence-corrected chi connectivity index (χ1v) is 5.39. The van der Waals surface area contributed by atoms with Gasteiger partial charge in [-0.1, -0.05) is 19.1 Å². The molecule has 0 heterocycles.